The van der Waals surface area contributed by atoms with Gasteiger partial charge < -0.3 is 45.1 Å². The number of allylic oxidation sites excluding steroid dienone is 2. The van der Waals surface area contributed by atoms with E-state index < -0.39 is 77.0 Å². The fraction of sp³-hybridized carbons (Fsp3) is 0.591. The number of aliphatic hydroxyl groups is 3. The number of nitrogens with one attached hydrogen (secondary N) is 1. The molecule has 14 heteroatoms. The summed E-state index contributed by atoms with van der Waals surface area (Å²) in [5.74, 6) is -6.21. The van der Waals surface area contributed by atoms with Gasteiger partial charge in [0.05, 0.1) is 47.0 Å². The van der Waals surface area contributed by atoms with Crippen molar-refractivity contribution in [3.05, 3.63) is 58.0 Å². The maximum atomic E-state index is 14.6. The van der Waals surface area contributed by atoms with Crippen molar-refractivity contribution in [2.45, 2.75) is 123 Å². The van der Waals surface area contributed by atoms with Gasteiger partial charge in [0.2, 0.25) is 0 Å². The number of ether oxygens (including phenoxy) is 3. The van der Waals surface area contributed by atoms with Crippen LogP contribution in [-0.2, 0) is 14.3 Å². The van der Waals surface area contributed by atoms with Gasteiger partial charge in [0.1, 0.15) is 22.5 Å². The lowest BCUT2D eigenvalue weighted by molar-refractivity contribution is -0.112. The molecule has 1 amide bonds. The number of fused-ring (bicyclic) bond motifs is 1. The first-order valence-corrected chi connectivity index (χ1v) is 20.2. The minimum absolute atomic E-state index is 0.0461. The number of carbonyl (C=O) groups excluding carboxylic acids is 2. The van der Waals surface area contributed by atoms with Crippen LogP contribution in [0, 0.1) is 30.6 Å². The third kappa shape index (κ3) is 7.42. The van der Waals surface area contributed by atoms with Crippen LogP contribution in [0.15, 0.2) is 46.1 Å². The molecule has 0 aliphatic carbocycles. The summed E-state index contributed by atoms with van der Waals surface area (Å²) in [5, 5.41) is 61.1. The molecule has 0 saturated carbocycles. The molecule has 316 valence electrons. The molecular weight excluding hydrogens is 745 g/mol. The Kier molecular flexibility index (Phi) is 11.7. The number of amides is 1. The van der Waals surface area contributed by atoms with Gasteiger partial charge in [-0.05, 0) is 40.7 Å². The molecule has 2 aromatic rings. The fourth-order valence-corrected chi connectivity index (χ4v) is 8.73. The topological polar surface area (TPSA) is 203 Å². The van der Waals surface area contributed by atoms with Crippen LogP contribution < -0.4 is 20.8 Å². The number of aromatic hydroxyl groups is 2. The van der Waals surface area contributed by atoms with E-state index in [-0.39, 0.29) is 60.9 Å². The number of ketones is 1. The lowest BCUT2D eigenvalue weighted by Gasteiger charge is -2.42. The Morgan fingerprint density at radius 3 is 2.10 bits per heavy atom. The molecule has 4 aliphatic heterocycles. The summed E-state index contributed by atoms with van der Waals surface area (Å²) in [4.78, 5) is 41.1. The molecule has 6 rings (SSSR count). The van der Waals surface area contributed by atoms with E-state index in [9.17, 15) is 35.1 Å². The molecule has 0 aromatic heterocycles. The number of carbonyl (C=O) groups is 2. The maximum Gasteiger partial charge on any atom is 0.312 e. The lowest BCUT2D eigenvalue weighted by atomic mass is 9.78. The summed E-state index contributed by atoms with van der Waals surface area (Å²) >= 11 is 0. The number of likely N-dealkylation sites (tertiary alicyclic amines) is 1. The minimum atomic E-state index is -1.93. The van der Waals surface area contributed by atoms with E-state index in [1.807, 2.05) is 0 Å². The predicted octanol–water partition coefficient (Wildman–Crippen LogP) is 4.32. The van der Waals surface area contributed by atoms with Crippen molar-refractivity contribution in [3.63, 3.8) is 0 Å². The van der Waals surface area contributed by atoms with E-state index in [1.165, 1.54) is 20.3 Å². The molecule has 4 bridgehead atoms. The second-order valence-corrected chi connectivity index (χ2v) is 17.8. The fourth-order valence-electron chi connectivity index (χ4n) is 8.73. The summed E-state index contributed by atoms with van der Waals surface area (Å²) in [5.41, 5.74) is -0.635. The third-order valence-corrected chi connectivity index (χ3v) is 12.9. The van der Waals surface area contributed by atoms with E-state index in [4.69, 9.17) is 24.2 Å². The van der Waals surface area contributed by atoms with Crippen LogP contribution in [0.3, 0.4) is 0 Å². The molecule has 0 unspecified atom stereocenters. The number of phenolic OH excluding ortho intramolecular Hbond substituents is 2. The second kappa shape index (κ2) is 15.7. The molecule has 4 heterocycles. The highest BCUT2D eigenvalue weighted by Crippen LogP contribution is 2.50. The van der Waals surface area contributed by atoms with Gasteiger partial charge >= 0.3 is 5.79 Å². The average Bonchev–Trinajstić information content (AvgIpc) is 3.67. The predicted molar refractivity (Wildman–Crippen MR) is 218 cm³/mol. The van der Waals surface area contributed by atoms with Gasteiger partial charge in [0.25, 0.3) is 11.7 Å². The Bertz CT molecular complexity index is 2200. The normalized spacial score (nSPS) is 34.1. The third-order valence-electron chi connectivity index (χ3n) is 12.9. The van der Waals surface area contributed by atoms with Gasteiger partial charge in [0, 0.05) is 85.7 Å². The van der Waals surface area contributed by atoms with Crippen LogP contribution in [-0.4, -0.2) is 104 Å². The van der Waals surface area contributed by atoms with Crippen LogP contribution in [0.25, 0.3) is 10.8 Å². The molecular formula is C44H60N4O10. The van der Waals surface area contributed by atoms with Crippen LogP contribution in [0.5, 0.6) is 17.2 Å². The molecule has 14 nitrogen and oxygen atoms in total. The number of hydrogen-bond acceptors (Lipinski definition) is 13. The van der Waals surface area contributed by atoms with Crippen LogP contribution in [0.2, 0.25) is 0 Å². The first kappa shape index (κ1) is 43.2. The van der Waals surface area contributed by atoms with Crippen molar-refractivity contribution < 1.29 is 49.3 Å². The zero-order chi connectivity index (χ0) is 42.8. The summed E-state index contributed by atoms with van der Waals surface area (Å²) < 4.78 is 18.0. The van der Waals surface area contributed by atoms with Gasteiger partial charge in [-0.1, -0.05) is 45.9 Å². The number of rotatable bonds is 1. The van der Waals surface area contributed by atoms with Gasteiger partial charge in [0.15, 0.2) is 11.4 Å². The summed E-state index contributed by atoms with van der Waals surface area (Å²) in [6.45, 7) is 19.4. The minimum Gasteiger partial charge on any atom is -0.507 e. The number of piperidine rings is 1. The Labute approximate surface area is 339 Å². The lowest BCUT2D eigenvalue weighted by Crippen LogP contribution is -2.50. The van der Waals surface area contributed by atoms with Gasteiger partial charge in [-0.2, -0.15) is 0 Å². The molecule has 1 saturated heterocycles. The number of Topliss-reactive ketones (excluding diaryl/α,β-unsaturated/α-hetero) is 1. The number of hydrogen-bond donors (Lipinski definition) is 6. The highest BCUT2D eigenvalue weighted by atomic mass is 16.7. The first-order chi connectivity index (χ1) is 27.1. The monoisotopic (exact) mass is 804 g/mol. The zero-order valence-corrected chi connectivity index (χ0v) is 35.5. The van der Waals surface area contributed by atoms with Crippen molar-refractivity contribution in [1.82, 2.24) is 4.90 Å². The Morgan fingerprint density at radius 1 is 0.879 bits per heavy atom. The SMILES string of the molecule is CO[C@H]1/C=C\O[C@@]2(C)Oc3c(C)c(O)c4c(O)c(c5c(c4c3C2=O)=NC2(CCN(C(C)(C)C)CC2)N=5)NC(=O)/C(C)=C\C=C/[C@H](C)[C@H](O)[C@@H](C)[C@@H](O)[C@@H](C)[C@H](O)[C@@H]1C. The highest BCUT2D eigenvalue weighted by molar-refractivity contribution is 6.19. The molecule has 9 atom stereocenters. The maximum absolute atomic E-state index is 14.6. The van der Waals surface area contributed by atoms with Crippen molar-refractivity contribution in [2.24, 2.45) is 33.7 Å². The standard InChI is InChI=1S/C44H60N4O10/c1-21-13-12-14-22(2)41(55)45-33-32-31(46-44(47-32)16-18-48(19-17-44)42(7,8)9)28-29(38(33)53)37(52)26(6)39-30(28)40(54)43(10,58-39)57-20-15-27(56-11)23(3)35(50)25(5)36(51)24(4)34(21)49/h12-15,20-21,23-25,27,34-36,49-53H,16-19H2,1-11H3,(H,45,55)/b13-12-,20-15-,22-14-/t21-,23+,24+,25-,27-,34-,35+,36+,43-/m0/s1. The van der Waals surface area contributed by atoms with Crippen LogP contribution in [0.4, 0.5) is 5.69 Å². The Hall–Kier alpha value is -4.34. The Balaban J connectivity index is 1.55. The number of methoxy groups -OCH3 is 1. The highest BCUT2D eigenvalue weighted by Gasteiger charge is 2.50. The first-order valence-electron chi connectivity index (χ1n) is 20.2. The number of anilines is 1. The van der Waals surface area contributed by atoms with Crippen molar-refractivity contribution in [3.8, 4) is 17.2 Å². The summed E-state index contributed by atoms with van der Waals surface area (Å²) in [7, 11) is 1.47. The van der Waals surface area contributed by atoms with Gasteiger partial charge in [-0.3, -0.25) is 24.5 Å². The molecule has 0 radical (unpaired) electrons. The van der Waals surface area contributed by atoms with Crippen molar-refractivity contribution in [1.29, 1.82) is 0 Å². The molecule has 6 N–H and O–H groups in total. The number of phenols is 2. The zero-order valence-electron chi connectivity index (χ0n) is 35.5. The Morgan fingerprint density at radius 2 is 1.48 bits per heavy atom. The average molecular weight is 805 g/mol. The van der Waals surface area contributed by atoms with E-state index >= 15 is 0 Å². The molecule has 1 fully saturated rings. The summed E-state index contributed by atoms with van der Waals surface area (Å²) in [6, 6.07) is 0. The molecule has 1 spiro atoms. The van der Waals surface area contributed by atoms with E-state index in [1.54, 1.807) is 65.8 Å². The van der Waals surface area contributed by atoms with Crippen LogP contribution >= 0.6 is 0 Å². The molecule has 4 aliphatic rings. The summed E-state index contributed by atoms with van der Waals surface area (Å²) in [6.07, 6.45) is 4.92. The number of benzene rings is 2. The smallest absolute Gasteiger partial charge is 0.312 e. The number of nitrogens with zero attached hydrogens (tertiary/aromatic N) is 3. The van der Waals surface area contributed by atoms with E-state index in [0.717, 1.165) is 0 Å². The molecule has 58 heavy (non-hydrogen) atoms. The molecule has 2 aromatic carbocycles. The van der Waals surface area contributed by atoms with Crippen molar-refractivity contribution in [2.75, 3.05) is 25.5 Å². The second-order valence-electron chi connectivity index (χ2n) is 17.8. The van der Waals surface area contributed by atoms with E-state index in [0.29, 0.717) is 25.9 Å². The van der Waals surface area contributed by atoms with Gasteiger partial charge in [-0.25, -0.2) is 0 Å². The van der Waals surface area contributed by atoms with Gasteiger partial charge in [-0.15, -0.1) is 0 Å². The van der Waals surface area contributed by atoms with Crippen LogP contribution in [0.1, 0.15) is 91.1 Å². The largest absolute Gasteiger partial charge is 0.507 e. The van der Waals surface area contributed by atoms with Crippen molar-refractivity contribution >= 4 is 28.2 Å². The number of aliphatic hydroxyl groups excluding tert-OH is 3. The van der Waals surface area contributed by atoms with E-state index in [2.05, 4.69) is 31.0 Å². The quantitative estimate of drug-likeness (QED) is 0.224.